The highest BCUT2D eigenvalue weighted by atomic mass is 16.6. The summed E-state index contributed by atoms with van der Waals surface area (Å²) in [6.07, 6.45) is 9.91. The normalized spacial score (nSPS) is 34.5. The van der Waals surface area contributed by atoms with Crippen LogP contribution in [0.3, 0.4) is 0 Å². The number of hydrogen-bond acceptors (Lipinski definition) is 6. The smallest absolute Gasteiger partial charge is 0.407 e. The Morgan fingerprint density at radius 3 is 2.44 bits per heavy atom. The van der Waals surface area contributed by atoms with Gasteiger partial charge in [-0.3, -0.25) is 0 Å². The van der Waals surface area contributed by atoms with E-state index in [1.54, 1.807) is 7.05 Å². The predicted molar refractivity (Wildman–Crippen MR) is 155 cm³/mol. The van der Waals surface area contributed by atoms with E-state index in [-0.39, 0.29) is 41.5 Å². The third kappa shape index (κ3) is 5.71. The van der Waals surface area contributed by atoms with Crippen LogP contribution in [0.15, 0.2) is 42.0 Å². The van der Waals surface area contributed by atoms with Gasteiger partial charge in [0.2, 0.25) is 0 Å². The Morgan fingerprint density at radius 1 is 0.951 bits per heavy atom. The maximum atomic E-state index is 12.7. The van der Waals surface area contributed by atoms with Crippen molar-refractivity contribution in [3.8, 4) is 0 Å². The molecular formula is C33H46N2O6. The number of fused-ring (bicyclic) bond motifs is 5. The van der Waals surface area contributed by atoms with Gasteiger partial charge in [-0.15, -0.1) is 0 Å². The van der Waals surface area contributed by atoms with Gasteiger partial charge >= 0.3 is 18.2 Å². The molecule has 0 bridgehead atoms. The molecule has 0 aliphatic heterocycles. The molecule has 3 saturated carbocycles. The molecule has 1 aromatic rings. The van der Waals surface area contributed by atoms with E-state index >= 15 is 0 Å². The first-order valence-electron chi connectivity index (χ1n) is 15.4. The van der Waals surface area contributed by atoms with Crippen molar-refractivity contribution in [1.82, 2.24) is 10.6 Å². The van der Waals surface area contributed by atoms with Gasteiger partial charge in [-0.2, -0.15) is 0 Å². The van der Waals surface area contributed by atoms with Crippen molar-refractivity contribution < 1.29 is 28.6 Å². The van der Waals surface area contributed by atoms with E-state index in [9.17, 15) is 14.4 Å². The molecule has 0 radical (unpaired) electrons. The summed E-state index contributed by atoms with van der Waals surface area (Å²) in [5.74, 6) is 1.77. The summed E-state index contributed by atoms with van der Waals surface area (Å²) in [4.78, 5) is 36.7. The zero-order valence-corrected chi connectivity index (χ0v) is 24.9. The van der Waals surface area contributed by atoms with Crippen LogP contribution < -0.4 is 10.6 Å². The van der Waals surface area contributed by atoms with E-state index in [0.717, 1.165) is 51.4 Å². The second-order valence-corrected chi connectivity index (χ2v) is 13.0. The Bertz CT molecular complexity index is 1150. The Labute approximate surface area is 243 Å². The molecule has 8 atom stereocenters. The number of esters is 1. The minimum Gasteiger partial charge on any atom is -0.458 e. The van der Waals surface area contributed by atoms with E-state index in [1.165, 1.54) is 12.6 Å². The van der Waals surface area contributed by atoms with Crippen LogP contribution in [0, 0.1) is 34.5 Å². The Morgan fingerprint density at radius 2 is 1.71 bits per heavy atom. The molecule has 1 aromatic carbocycles. The molecule has 2 amide bonds. The Hall–Kier alpha value is -3.03. The highest BCUT2D eigenvalue weighted by Gasteiger charge is 2.60. The molecule has 0 spiro atoms. The fraction of sp³-hybridized carbons (Fsp3) is 0.667. The van der Waals surface area contributed by atoms with Gasteiger partial charge in [0.1, 0.15) is 12.2 Å². The van der Waals surface area contributed by atoms with Gasteiger partial charge in [0.05, 0.1) is 12.2 Å². The second-order valence-electron chi connectivity index (χ2n) is 13.0. The monoisotopic (exact) mass is 566 g/mol. The molecule has 4 aliphatic carbocycles. The number of carbonyl (C=O) groups is 3. The number of ether oxygens (including phenoxy) is 3. The molecule has 41 heavy (non-hydrogen) atoms. The molecule has 8 heteroatoms. The van der Waals surface area contributed by atoms with Crippen LogP contribution >= 0.6 is 0 Å². The number of amides is 2. The quantitative estimate of drug-likeness (QED) is 0.229. The molecule has 8 nitrogen and oxygen atoms in total. The highest BCUT2D eigenvalue weighted by Crippen LogP contribution is 2.67. The molecule has 2 N–H and O–H groups in total. The molecule has 3 fully saturated rings. The van der Waals surface area contributed by atoms with Gasteiger partial charge in [-0.05, 0) is 85.7 Å². The number of alkyl carbamates (subject to hydrolysis) is 2. The maximum Gasteiger partial charge on any atom is 0.407 e. The van der Waals surface area contributed by atoms with Crippen LogP contribution in [0.2, 0.25) is 0 Å². The van der Waals surface area contributed by atoms with Crippen molar-refractivity contribution in [1.29, 1.82) is 0 Å². The molecule has 4 aliphatic rings. The van der Waals surface area contributed by atoms with E-state index < -0.39 is 12.2 Å². The molecule has 0 aromatic heterocycles. The minimum atomic E-state index is -0.470. The van der Waals surface area contributed by atoms with Crippen molar-refractivity contribution in [2.45, 2.75) is 83.8 Å². The van der Waals surface area contributed by atoms with Crippen LogP contribution in [0.25, 0.3) is 0 Å². The lowest BCUT2D eigenvalue weighted by molar-refractivity contribution is -0.0760. The van der Waals surface area contributed by atoms with Crippen LogP contribution in [0.4, 0.5) is 9.59 Å². The number of hydrogen-bond donors (Lipinski definition) is 2. The van der Waals surface area contributed by atoms with Crippen LogP contribution in [0.1, 0.15) is 82.0 Å². The molecule has 5 rings (SSSR count). The zero-order valence-electron chi connectivity index (χ0n) is 24.9. The van der Waals surface area contributed by atoms with Gasteiger partial charge in [0.15, 0.2) is 0 Å². The summed E-state index contributed by atoms with van der Waals surface area (Å²) < 4.78 is 17.2. The van der Waals surface area contributed by atoms with Gasteiger partial charge in [-0.1, -0.05) is 43.7 Å². The lowest BCUT2D eigenvalue weighted by Crippen LogP contribution is -2.52. The van der Waals surface area contributed by atoms with Gasteiger partial charge < -0.3 is 24.8 Å². The summed E-state index contributed by atoms with van der Waals surface area (Å²) in [7, 11) is 3.12. The number of nitrogens with one attached hydrogen (secondary N) is 2. The second kappa shape index (κ2) is 12.1. The third-order valence-electron chi connectivity index (χ3n) is 11.2. The number of carbonyl (C=O) groups excluding carboxylic acids is 3. The number of benzene rings is 1. The largest absolute Gasteiger partial charge is 0.458 e. The lowest BCUT2D eigenvalue weighted by atomic mass is 9.47. The van der Waals surface area contributed by atoms with E-state index in [2.05, 4.69) is 30.6 Å². The van der Waals surface area contributed by atoms with Crippen molar-refractivity contribution in [2.75, 3.05) is 20.7 Å². The number of allylic oxidation sites excluding steroid dienone is 1. The van der Waals surface area contributed by atoms with Crippen LogP contribution in [0.5, 0.6) is 0 Å². The first kappa shape index (κ1) is 29.5. The highest BCUT2D eigenvalue weighted by molar-refractivity contribution is 5.89. The van der Waals surface area contributed by atoms with E-state index in [4.69, 9.17) is 14.2 Å². The fourth-order valence-electron chi connectivity index (χ4n) is 9.05. The van der Waals surface area contributed by atoms with E-state index in [0.29, 0.717) is 29.7 Å². The van der Waals surface area contributed by atoms with Crippen molar-refractivity contribution in [2.24, 2.45) is 34.5 Å². The summed E-state index contributed by atoms with van der Waals surface area (Å²) >= 11 is 0. The van der Waals surface area contributed by atoms with Crippen LogP contribution in [-0.2, 0) is 14.2 Å². The van der Waals surface area contributed by atoms with Gasteiger partial charge in [-0.25, -0.2) is 14.4 Å². The minimum absolute atomic E-state index is 0.0665. The molecule has 0 heterocycles. The summed E-state index contributed by atoms with van der Waals surface area (Å²) in [6, 6.07) is 9.27. The summed E-state index contributed by atoms with van der Waals surface area (Å²) in [5, 5.41) is 5.08. The van der Waals surface area contributed by atoms with Gasteiger partial charge in [0, 0.05) is 32.9 Å². The van der Waals surface area contributed by atoms with E-state index in [1.807, 2.05) is 30.3 Å². The van der Waals surface area contributed by atoms with Crippen molar-refractivity contribution in [3.05, 3.63) is 47.5 Å². The average molecular weight is 567 g/mol. The zero-order chi connectivity index (χ0) is 29.2. The topological polar surface area (TPSA) is 103 Å². The van der Waals surface area contributed by atoms with Gasteiger partial charge in [0.25, 0.3) is 0 Å². The first-order valence-corrected chi connectivity index (χ1v) is 15.4. The SMILES string of the molecule is CNC(=O)OCCC(OC(=O)NC)C1CCC2C3CC=C4CC(OC(=O)c5ccccc5)CC[C@]4(C)C3CC[C@@]12C. The first-order chi connectivity index (χ1) is 19.7. The molecule has 0 saturated heterocycles. The fourth-order valence-corrected chi connectivity index (χ4v) is 9.05. The average Bonchev–Trinajstić information content (AvgIpc) is 3.34. The maximum absolute atomic E-state index is 12.7. The summed E-state index contributed by atoms with van der Waals surface area (Å²) in [6.45, 7) is 5.07. The Kier molecular flexibility index (Phi) is 8.67. The van der Waals surface area contributed by atoms with Crippen LogP contribution in [-0.4, -0.2) is 51.1 Å². The summed E-state index contributed by atoms with van der Waals surface area (Å²) in [5.41, 5.74) is 2.29. The van der Waals surface area contributed by atoms with Crippen molar-refractivity contribution in [3.63, 3.8) is 0 Å². The number of rotatable bonds is 7. The standard InChI is InChI=1S/C33H46N2O6/c1-32-17-14-23(40-29(36)21-8-6-5-7-9-21)20-22(32)10-11-24-25-12-13-27(33(25,2)18-15-26(24)32)28(41-31(38)35-4)16-19-39-30(37)34-3/h5-10,23-28H,11-20H2,1-4H3,(H,34,37)(H,35,38)/t23?,24?,25?,26?,27?,28?,32-,33+/m0/s1. The molecule has 224 valence electrons. The predicted octanol–water partition coefficient (Wildman–Crippen LogP) is 6.26. The molecule has 6 unspecified atom stereocenters. The lowest BCUT2D eigenvalue weighted by Gasteiger charge is -2.58. The third-order valence-corrected chi connectivity index (χ3v) is 11.2. The molecular weight excluding hydrogens is 520 g/mol. The van der Waals surface area contributed by atoms with Crippen molar-refractivity contribution >= 4 is 18.2 Å². The Balaban J connectivity index is 1.28.